The molecule has 3 rings (SSSR count). The summed E-state index contributed by atoms with van der Waals surface area (Å²) in [5.74, 6) is 0.00880. The molecule has 0 heterocycles. The molecular weight excluding hydrogens is 524 g/mol. The summed E-state index contributed by atoms with van der Waals surface area (Å²) in [5, 5.41) is 15.6. The number of hydrogen-bond acceptors (Lipinski definition) is 6. The van der Waals surface area contributed by atoms with Gasteiger partial charge in [0.2, 0.25) is 11.8 Å². The van der Waals surface area contributed by atoms with Gasteiger partial charge in [-0.3, -0.25) is 9.59 Å². The summed E-state index contributed by atoms with van der Waals surface area (Å²) in [7, 11) is 1.52. The van der Waals surface area contributed by atoms with Crippen LogP contribution in [0.2, 0.25) is 0 Å². The van der Waals surface area contributed by atoms with Crippen molar-refractivity contribution >= 4 is 39.6 Å². The standard InChI is InChI=1S/C27H25BrN4O4/c1-17-4-9-23(18(2)10-17)31-25(33)13-26(34)32-30-15-21-11-22(28)27(24(12-21)35-3)36-16-20-7-5-19(14-29)6-8-20/h4-12,15H,13,16H2,1-3H3,(H,31,33)(H,32,34). The van der Waals surface area contributed by atoms with Crippen LogP contribution in [0, 0.1) is 25.2 Å². The Hall–Kier alpha value is -4.16. The van der Waals surface area contributed by atoms with E-state index in [0.717, 1.165) is 16.7 Å². The van der Waals surface area contributed by atoms with Gasteiger partial charge in [0.1, 0.15) is 13.0 Å². The van der Waals surface area contributed by atoms with Crippen molar-refractivity contribution in [2.24, 2.45) is 5.10 Å². The fourth-order valence-electron chi connectivity index (χ4n) is 3.30. The number of hydrazone groups is 1. The summed E-state index contributed by atoms with van der Waals surface area (Å²) in [5.41, 5.74) is 7.16. The molecule has 2 amide bonds. The number of nitrogens with zero attached hydrogens (tertiary/aromatic N) is 2. The first-order chi connectivity index (χ1) is 17.3. The number of ether oxygens (including phenoxy) is 2. The molecule has 3 aromatic rings. The van der Waals surface area contributed by atoms with Crippen molar-refractivity contribution in [3.8, 4) is 17.6 Å². The summed E-state index contributed by atoms with van der Waals surface area (Å²) in [4.78, 5) is 24.3. The molecule has 0 saturated carbocycles. The van der Waals surface area contributed by atoms with E-state index in [4.69, 9.17) is 14.7 Å². The van der Waals surface area contributed by atoms with Gasteiger partial charge in [-0.25, -0.2) is 5.43 Å². The van der Waals surface area contributed by atoms with E-state index in [-0.39, 0.29) is 13.0 Å². The van der Waals surface area contributed by atoms with Crippen LogP contribution in [-0.2, 0) is 16.2 Å². The van der Waals surface area contributed by atoms with Crippen LogP contribution < -0.4 is 20.2 Å². The predicted octanol–water partition coefficient (Wildman–Crippen LogP) is 5.00. The van der Waals surface area contributed by atoms with Crippen molar-refractivity contribution < 1.29 is 19.1 Å². The van der Waals surface area contributed by atoms with Crippen molar-refractivity contribution in [1.82, 2.24) is 5.43 Å². The summed E-state index contributed by atoms with van der Waals surface area (Å²) in [6.45, 7) is 4.15. The highest BCUT2D eigenvalue weighted by atomic mass is 79.9. The molecule has 8 nitrogen and oxygen atoms in total. The highest BCUT2D eigenvalue weighted by Crippen LogP contribution is 2.36. The van der Waals surface area contributed by atoms with Crippen LogP contribution in [-0.4, -0.2) is 25.1 Å². The maximum atomic E-state index is 12.2. The molecule has 0 saturated heterocycles. The number of nitriles is 1. The van der Waals surface area contributed by atoms with Gasteiger partial charge in [0, 0.05) is 5.69 Å². The summed E-state index contributed by atoms with van der Waals surface area (Å²) >= 11 is 3.48. The predicted molar refractivity (Wildman–Crippen MR) is 141 cm³/mol. The van der Waals surface area contributed by atoms with Crippen LogP contribution in [0.3, 0.4) is 0 Å². The largest absolute Gasteiger partial charge is 0.493 e. The van der Waals surface area contributed by atoms with E-state index in [0.29, 0.717) is 32.8 Å². The molecule has 36 heavy (non-hydrogen) atoms. The van der Waals surface area contributed by atoms with Crippen LogP contribution in [0.4, 0.5) is 5.69 Å². The molecule has 0 fully saturated rings. The molecule has 0 aromatic heterocycles. The molecule has 2 N–H and O–H groups in total. The fourth-order valence-corrected chi connectivity index (χ4v) is 3.87. The fraction of sp³-hybridized carbons (Fsp3) is 0.185. The van der Waals surface area contributed by atoms with Crippen LogP contribution in [0.15, 0.2) is 64.2 Å². The third kappa shape index (κ3) is 7.42. The van der Waals surface area contributed by atoms with Crippen LogP contribution in [0.1, 0.15) is 34.2 Å². The van der Waals surface area contributed by atoms with Crippen LogP contribution in [0.5, 0.6) is 11.5 Å². The minimum atomic E-state index is -0.540. The Bertz CT molecular complexity index is 1330. The molecular formula is C27H25BrN4O4. The van der Waals surface area contributed by atoms with E-state index in [2.05, 4.69) is 37.8 Å². The molecule has 0 atom stereocenters. The first-order valence-electron chi connectivity index (χ1n) is 11.0. The lowest BCUT2D eigenvalue weighted by atomic mass is 10.1. The molecule has 0 unspecified atom stereocenters. The Morgan fingerprint density at radius 2 is 1.83 bits per heavy atom. The van der Waals surface area contributed by atoms with E-state index in [1.165, 1.54) is 13.3 Å². The average molecular weight is 549 g/mol. The van der Waals surface area contributed by atoms with Crippen LogP contribution >= 0.6 is 15.9 Å². The number of benzene rings is 3. The topological polar surface area (TPSA) is 113 Å². The lowest BCUT2D eigenvalue weighted by Crippen LogP contribution is -2.24. The summed E-state index contributed by atoms with van der Waals surface area (Å²) < 4.78 is 12.0. The van der Waals surface area contributed by atoms with Crippen molar-refractivity contribution in [2.75, 3.05) is 12.4 Å². The molecule has 184 valence electrons. The van der Waals surface area contributed by atoms with Crippen molar-refractivity contribution in [3.63, 3.8) is 0 Å². The first-order valence-corrected chi connectivity index (χ1v) is 11.8. The normalized spacial score (nSPS) is 10.5. The molecule has 0 aliphatic heterocycles. The van der Waals surface area contributed by atoms with Gasteiger partial charge in [-0.2, -0.15) is 10.4 Å². The monoisotopic (exact) mass is 548 g/mol. The van der Waals surface area contributed by atoms with Gasteiger partial charge in [0.25, 0.3) is 0 Å². The maximum absolute atomic E-state index is 12.2. The number of rotatable bonds is 9. The molecule has 0 spiro atoms. The number of halogens is 1. The number of nitrogens with one attached hydrogen (secondary N) is 2. The molecule has 0 aliphatic carbocycles. The molecule has 0 bridgehead atoms. The van der Waals surface area contributed by atoms with Crippen molar-refractivity contribution in [2.45, 2.75) is 26.9 Å². The minimum absolute atomic E-state index is 0.286. The van der Waals surface area contributed by atoms with Gasteiger partial charge in [-0.1, -0.05) is 29.8 Å². The maximum Gasteiger partial charge on any atom is 0.249 e. The smallest absolute Gasteiger partial charge is 0.249 e. The highest BCUT2D eigenvalue weighted by Gasteiger charge is 2.13. The van der Waals surface area contributed by atoms with Gasteiger partial charge in [-0.05, 0) is 76.8 Å². The minimum Gasteiger partial charge on any atom is -0.493 e. The number of aryl methyl sites for hydroxylation is 2. The third-order valence-electron chi connectivity index (χ3n) is 5.10. The second kappa shape index (κ2) is 12.5. The van der Waals surface area contributed by atoms with Gasteiger partial charge >= 0.3 is 0 Å². The number of methoxy groups -OCH3 is 1. The lowest BCUT2D eigenvalue weighted by Gasteiger charge is -2.13. The van der Waals surface area contributed by atoms with Gasteiger partial charge in [-0.15, -0.1) is 0 Å². The van der Waals surface area contributed by atoms with Crippen molar-refractivity contribution in [3.05, 3.63) is 86.9 Å². The molecule has 9 heteroatoms. The molecule has 0 aliphatic rings. The van der Waals surface area contributed by atoms with Gasteiger partial charge in [0.15, 0.2) is 11.5 Å². The average Bonchev–Trinajstić information content (AvgIpc) is 2.85. The quantitative estimate of drug-likeness (QED) is 0.222. The first kappa shape index (κ1) is 26.4. The van der Waals surface area contributed by atoms with Gasteiger partial charge in [0.05, 0.1) is 29.4 Å². The van der Waals surface area contributed by atoms with E-state index in [1.54, 1.807) is 24.3 Å². The zero-order valence-corrected chi connectivity index (χ0v) is 21.7. The molecule has 0 radical (unpaired) electrons. The van der Waals surface area contributed by atoms with E-state index >= 15 is 0 Å². The Kier molecular flexibility index (Phi) is 9.19. The zero-order valence-electron chi connectivity index (χ0n) is 20.1. The summed E-state index contributed by atoms with van der Waals surface area (Å²) in [6.07, 6.45) is 1.08. The van der Waals surface area contributed by atoms with Gasteiger partial charge < -0.3 is 14.8 Å². The van der Waals surface area contributed by atoms with Crippen LogP contribution in [0.25, 0.3) is 0 Å². The zero-order chi connectivity index (χ0) is 26.1. The highest BCUT2D eigenvalue weighted by molar-refractivity contribution is 9.10. The SMILES string of the molecule is COc1cc(C=NNC(=O)CC(=O)Nc2ccc(C)cc2C)cc(Br)c1OCc1ccc(C#N)cc1. The molecule has 3 aromatic carbocycles. The van der Waals surface area contributed by atoms with E-state index < -0.39 is 11.8 Å². The second-order valence-corrected chi connectivity index (χ2v) is 8.82. The van der Waals surface area contributed by atoms with E-state index in [9.17, 15) is 9.59 Å². The number of hydrogen-bond donors (Lipinski definition) is 2. The van der Waals surface area contributed by atoms with E-state index in [1.807, 2.05) is 44.2 Å². The van der Waals surface area contributed by atoms with Crippen molar-refractivity contribution in [1.29, 1.82) is 5.26 Å². The number of carbonyl (C=O) groups excluding carboxylic acids is 2. The Morgan fingerprint density at radius 3 is 2.50 bits per heavy atom. The Balaban J connectivity index is 1.57. The lowest BCUT2D eigenvalue weighted by molar-refractivity contribution is -0.126. The Morgan fingerprint density at radius 1 is 1.08 bits per heavy atom. The number of amides is 2. The number of carbonyl (C=O) groups is 2. The number of anilines is 1. The third-order valence-corrected chi connectivity index (χ3v) is 5.69. The summed E-state index contributed by atoms with van der Waals surface area (Å²) in [6, 6.07) is 18.3. The second-order valence-electron chi connectivity index (χ2n) is 7.97. The Labute approximate surface area is 218 Å².